The lowest BCUT2D eigenvalue weighted by Gasteiger charge is -2.09. The first-order chi connectivity index (χ1) is 13.4. The molecule has 1 amide bonds. The number of ether oxygens (including phenoxy) is 1. The Morgan fingerprint density at radius 1 is 1.18 bits per heavy atom. The molecule has 0 fully saturated rings. The maximum atomic E-state index is 12.2. The average molecular weight is 417 g/mol. The number of hydrogen-bond donors (Lipinski definition) is 1. The number of carbonyl (C=O) groups is 1. The highest BCUT2D eigenvalue weighted by atomic mass is 35.5. The van der Waals surface area contributed by atoms with Gasteiger partial charge < -0.3 is 14.6 Å². The lowest BCUT2D eigenvalue weighted by atomic mass is 10.2. The summed E-state index contributed by atoms with van der Waals surface area (Å²) in [5, 5.41) is 12.4. The molecule has 0 saturated heterocycles. The molecule has 146 valence electrons. The molecule has 2 aromatic carbocycles. The molecule has 1 aromatic heterocycles. The Bertz CT molecular complexity index is 973. The normalized spacial score (nSPS) is 10.7. The van der Waals surface area contributed by atoms with Crippen LogP contribution in [0.25, 0.3) is 0 Å². The summed E-state index contributed by atoms with van der Waals surface area (Å²) in [4.78, 5) is 12.2. The van der Waals surface area contributed by atoms with Gasteiger partial charge in [0.2, 0.25) is 5.91 Å². The third kappa shape index (κ3) is 5.05. The van der Waals surface area contributed by atoms with Crippen molar-refractivity contribution in [3.05, 3.63) is 64.4 Å². The summed E-state index contributed by atoms with van der Waals surface area (Å²) in [5.41, 5.74) is 2.73. The fourth-order valence-electron chi connectivity index (χ4n) is 2.44. The van der Waals surface area contributed by atoms with Crippen molar-refractivity contribution >= 4 is 35.0 Å². The SMILES string of the molecule is Cc1ccc(OCc2nnc(SCC(=O)Nc3cccc(Cl)c3C)n2C)cc1. The Morgan fingerprint density at radius 2 is 1.93 bits per heavy atom. The van der Waals surface area contributed by atoms with Gasteiger partial charge in [0, 0.05) is 17.8 Å². The first-order valence-electron chi connectivity index (χ1n) is 8.69. The quantitative estimate of drug-likeness (QED) is 0.578. The molecule has 0 radical (unpaired) electrons. The smallest absolute Gasteiger partial charge is 0.234 e. The van der Waals surface area contributed by atoms with E-state index < -0.39 is 0 Å². The first-order valence-corrected chi connectivity index (χ1v) is 10.1. The van der Waals surface area contributed by atoms with E-state index in [0.717, 1.165) is 11.3 Å². The molecule has 3 rings (SSSR count). The number of nitrogens with one attached hydrogen (secondary N) is 1. The molecule has 0 spiro atoms. The summed E-state index contributed by atoms with van der Waals surface area (Å²) < 4.78 is 7.58. The molecular weight excluding hydrogens is 396 g/mol. The zero-order valence-corrected chi connectivity index (χ0v) is 17.5. The van der Waals surface area contributed by atoms with E-state index in [-0.39, 0.29) is 11.7 Å². The molecule has 1 N–H and O–H groups in total. The summed E-state index contributed by atoms with van der Waals surface area (Å²) in [6, 6.07) is 13.3. The summed E-state index contributed by atoms with van der Waals surface area (Å²) in [5.74, 6) is 1.56. The zero-order valence-electron chi connectivity index (χ0n) is 15.9. The van der Waals surface area contributed by atoms with Crippen LogP contribution in [-0.4, -0.2) is 26.4 Å². The van der Waals surface area contributed by atoms with Crippen molar-refractivity contribution < 1.29 is 9.53 Å². The predicted octanol–water partition coefficient (Wildman–Crippen LogP) is 4.40. The number of thioether (sulfide) groups is 1. The second-order valence-corrected chi connectivity index (χ2v) is 7.66. The molecule has 0 saturated carbocycles. The molecular formula is C20H21ClN4O2S. The maximum Gasteiger partial charge on any atom is 0.234 e. The van der Waals surface area contributed by atoms with Gasteiger partial charge in [-0.2, -0.15) is 0 Å². The average Bonchev–Trinajstić information content (AvgIpc) is 3.03. The zero-order chi connectivity index (χ0) is 20.1. The van der Waals surface area contributed by atoms with Crippen molar-refractivity contribution in [2.45, 2.75) is 25.6 Å². The van der Waals surface area contributed by atoms with E-state index in [2.05, 4.69) is 15.5 Å². The van der Waals surface area contributed by atoms with E-state index in [4.69, 9.17) is 16.3 Å². The Hall–Kier alpha value is -2.51. The van der Waals surface area contributed by atoms with Gasteiger partial charge in [0.15, 0.2) is 11.0 Å². The fourth-order valence-corrected chi connectivity index (χ4v) is 3.34. The molecule has 0 aliphatic rings. The Kier molecular flexibility index (Phi) is 6.59. The minimum Gasteiger partial charge on any atom is -0.486 e. The first kappa shape index (κ1) is 20.2. The van der Waals surface area contributed by atoms with Crippen molar-refractivity contribution in [3.8, 4) is 5.75 Å². The van der Waals surface area contributed by atoms with Crippen LogP contribution in [0.15, 0.2) is 47.6 Å². The van der Waals surface area contributed by atoms with Gasteiger partial charge in [0.05, 0.1) is 5.75 Å². The largest absolute Gasteiger partial charge is 0.486 e. The Balaban J connectivity index is 1.54. The van der Waals surface area contributed by atoms with Crippen molar-refractivity contribution in [3.63, 3.8) is 0 Å². The maximum absolute atomic E-state index is 12.2. The van der Waals surface area contributed by atoms with Gasteiger partial charge in [0.25, 0.3) is 0 Å². The molecule has 3 aromatic rings. The van der Waals surface area contributed by atoms with Crippen LogP contribution >= 0.6 is 23.4 Å². The van der Waals surface area contributed by atoms with Crippen LogP contribution in [-0.2, 0) is 18.4 Å². The number of anilines is 1. The number of benzene rings is 2. The Labute approximate surface area is 173 Å². The van der Waals surface area contributed by atoms with Gasteiger partial charge >= 0.3 is 0 Å². The highest BCUT2D eigenvalue weighted by molar-refractivity contribution is 7.99. The number of rotatable bonds is 7. The van der Waals surface area contributed by atoms with Gasteiger partial charge in [0.1, 0.15) is 12.4 Å². The summed E-state index contributed by atoms with van der Waals surface area (Å²) in [6.45, 7) is 4.20. The lowest BCUT2D eigenvalue weighted by molar-refractivity contribution is -0.113. The topological polar surface area (TPSA) is 69.0 Å². The van der Waals surface area contributed by atoms with Crippen molar-refractivity contribution in [1.82, 2.24) is 14.8 Å². The second-order valence-electron chi connectivity index (χ2n) is 6.31. The number of aryl methyl sites for hydroxylation is 1. The third-order valence-electron chi connectivity index (χ3n) is 4.19. The monoisotopic (exact) mass is 416 g/mol. The number of amides is 1. The highest BCUT2D eigenvalue weighted by Crippen LogP contribution is 2.24. The van der Waals surface area contributed by atoms with Gasteiger partial charge in [-0.05, 0) is 43.7 Å². The standard InChI is InChI=1S/C20H21ClN4O2S/c1-13-7-9-15(10-8-13)27-11-18-23-24-20(25(18)3)28-12-19(26)22-17-6-4-5-16(21)14(17)2/h4-10H,11-12H2,1-3H3,(H,22,26). The number of nitrogens with zero attached hydrogens (tertiary/aromatic N) is 3. The van der Waals surface area contributed by atoms with Crippen LogP contribution in [0.5, 0.6) is 5.75 Å². The van der Waals surface area contributed by atoms with Gasteiger partial charge in [-0.25, -0.2) is 0 Å². The van der Waals surface area contributed by atoms with E-state index in [0.29, 0.717) is 28.3 Å². The van der Waals surface area contributed by atoms with E-state index >= 15 is 0 Å². The summed E-state index contributed by atoms with van der Waals surface area (Å²) in [7, 11) is 1.86. The Morgan fingerprint density at radius 3 is 2.68 bits per heavy atom. The number of carbonyl (C=O) groups excluding carboxylic acids is 1. The molecule has 1 heterocycles. The van der Waals surface area contributed by atoms with Crippen LogP contribution in [0.4, 0.5) is 5.69 Å². The molecule has 0 aliphatic heterocycles. The fraction of sp³-hybridized carbons (Fsp3) is 0.250. The van der Waals surface area contributed by atoms with Crippen LogP contribution in [0.1, 0.15) is 17.0 Å². The summed E-state index contributed by atoms with van der Waals surface area (Å²) in [6.07, 6.45) is 0. The molecule has 0 atom stereocenters. The number of hydrogen-bond acceptors (Lipinski definition) is 5. The van der Waals surface area contributed by atoms with E-state index in [1.807, 2.05) is 55.8 Å². The van der Waals surface area contributed by atoms with E-state index in [1.54, 1.807) is 12.1 Å². The van der Waals surface area contributed by atoms with Crippen molar-refractivity contribution in [2.75, 3.05) is 11.1 Å². The second kappa shape index (κ2) is 9.12. The number of aromatic nitrogens is 3. The van der Waals surface area contributed by atoms with E-state index in [1.165, 1.54) is 17.3 Å². The van der Waals surface area contributed by atoms with Crippen LogP contribution < -0.4 is 10.1 Å². The molecule has 28 heavy (non-hydrogen) atoms. The van der Waals surface area contributed by atoms with Crippen LogP contribution in [0.3, 0.4) is 0 Å². The molecule has 0 bridgehead atoms. The van der Waals surface area contributed by atoms with Gasteiger partial charge in [-0.3, -0.25) is 4.79 Å². The van der Waals surface area contributed by atoms with Crippen molar-refractivity contribution in [1.29, 1.82) is 0 Å². The van der Waals surface area contributed by atoms with Crippen LogP contribution in [0.2, 0.25) is 5.02 Å². The van der Waals surface area contributed by atoms with Crippen LogP contribution in [0, 0.1) is 13.8 Å². The highest BCUT2D eigenvalue weighted by Gasteiger charge is 2.13. The molecule has 0 unspecified atom stereocenters. The van der Waals surface area contributed by atoms with E-state index in [9.17, 15) is 4.79 Å². The minimum absolute atomic E-state index is 0.129. The van der Waals surface area contributed by atoms with Gasteiger partial charge in [-0.15, -0.1) is 10.2 Å². The predicted molar refractivity (Wildman–Crippen MR) is 112 cm³/mol. The minimum atomic E-state index is -0.129. The van der Waals surface area contributed by atoms with Gasteiger partial charge in [-0.1, -0.05) is 47.1 Å². The molecule has 6 nitrogen and oxygen atoms in total. The third-order valence-corrected chi connectivity index (χ3v) is 5.62. The molecule has 0 aliphatic carbocycles. The molecule has 8 heteroatoms. The van der Waals surface area contributed by atoms with Crippen molar-refractivity contribution in [2.24, 2.45) is 7.05 Å². The lowest BCUT2D eigenvalue weighted by Crippen LogP contribution is -2.15. The number of halogens is 1. The summed E-state index contributed by atoms with van der Waals surface area (Å²) >= 11 is 7.40.